The first kappa shape index (κ1) is 10.8. The third-order valence-electron chi connectivity index (χ3n) is 3.34. The Balaban J connectivity index is 2.11. The Labute approximate surface area is 94.0 Å². The van der Waals surface area contributed by atoms with Gasteiger partial charge in [-0.25, -0.2) is 4.79 Å². The summed E-state index contributed by atoms with van der Waals surface area (Å²) in [5, 5.41) is 9.01. The van der Waals surface area contributed by atoms with E-state index < -0.39 is 12.0 Å². The minimum atomic E-state index is -0.873. The predicted molar refractivity (Wildman–Crippen MR) is 57.8 cm³/mol. The molecule has 84 valence electrons. The molecule has 0 unspecified atom stereocenters. The van der Waals surface area contributed by atoms with E-state index in [2.05, 4.69) is 12.6 Å². The molecule has 5 heteroatoms. The number of hydrogen-bond acceptors (Lipinski definition) is 3. The van der Waals surface area contributed by atoms with Crippen LogP contribution >= 0.6 is 12.6 Å². The topological polar surface area (TPSA) is 57.6 Å². The van der Waals surface area contributed by atoms with Gasteiger partial charge in [-0.2, -0.15) is 12.6 Å². The predicted octanol–water partition coefficient (Wildman–Crippen LogP) is 0.626. The normalized spacial score (nSPS) is 34.8. The molecule has 1 saturated heterocycles. The first-order chi connectivity index (χ1) is 7.06. The van der Waals surface area contributed by atoms with Gasteiger partial charge in [0.1, 0.15) is 6.04 Å². The van der Waals surface area contributed by atoms with Crippen LogP contribution in [0.1, 0.15) is 19.8 Å². The van der Waals surface area contributed by atoms with E-state index in [4.69, 9.17) is 5.11 Å². The molecule has 1 saturated carbocycles. The van der Waals surface area contributed by atoms with Gasteiger partial charge in [0.2, 0.25) is 5.91 Å². The summed E-state index contributed by atoms with van der Waals surface area (Å²) in [7, 11) is 0. The monoisotopic (exact) mass is 229 g/mol. The van der Waals surface area contributed by atoms with Gasteiger partial charge in [0.05, 0.1) is 0 Å². The van der Waals surface area contributed by atoms with E-state index in [0.717, 1.165) is 6.42 Å². The van der Waals surface area contributed by atoms with Crippen LogP contribution in [0.5, 0.6) is 0 Å². The summed E-state index contributed by atoms with van der Waals surface area (Å²) in [6, 6.07) is -0.399. The van der Waals surface area contributed by atoms with Crippen LogP contribution < -0.4 is 0 Å². The van der Waals surface area contributed by atoms with Crippen molar-refractivity contribution in [2.24, 2.45) is 11.8 Å². The van der Waals surface area contributed by atoms with E-state index in [-0.39, 0.29) is 17.9 Å². The molecular formula is C10H15NO3S. The van der Waals surface area contributed by atoms with Crippen LogP contribution in [0.4, 0.5) is 0 Å². The number of rotatable bonds is 3. The fraction of sp³-hybridized carbons (Fsp3) is 0.800. The SMILES string of the molecule is C[C@H](CS)C(=O)N1[C@@H]2C[C@@H]2C[C@H]1C(=O)O. The Morgan fingerprint density at radius 3 is 2.73 bits per heavy atom. The van der Waals surface area contributed by atoms with Gasteiger partial charge in [-0.1, -0.05) is 6.92 Å². The maximum atomic E-state index is 11.9. The molecule has 1 amide bonds. The van der Waals surface area contributed by atoms with Gasteiger partial charge in [-0.3, -0.25) is 4.79 Å². The lowest BCUT2D eigenvalue weighted by molar-refractivity contribution is -0.150. The van der Waals surface area contributed by atoms with Crippen LogP contribution in [0.3, 0.4) is 0 Å². The number of carbonyl (C=O) groups excluding carboxylic acids is 1. The van der Waals surface area contributed by atoms with E-state index >= 15 is 0 Å². The van der Waals surface area contributed by atoms with Gasteiger partial charge in [0, 0.05) is 17.7 Å². The van der Waals surface area contributed by atoms with Crippen molar-refractivity contribution in [1.29, 1.82) is 0 Å². The Morgan fingerprint density at radius 1 is 1.53 bits per heavy atom. The average molecular weight is 229 g/mol. The van der Waals surface area contributed by atoms with E-state index in [1.54, 1.807) is 11.8 Å². The highest BCUT2D eigenvalue weighted by molar-refractivity contribution is 7.80. The molecule has 0 aromatic rings. The summed E-state index contributed by atoms with van der Waals surface area (Å²) in [6.07, 6.45) is 1.61. The third kappa shape index (κ3) is 1.73. The second-order valence-corrected chi connectivity index (χ2v) is 4.85. The number of aliphatic carboxylic acids is 1. The zero-order valence-corrected chi connectivity index (χ0v) is 9.48. The van der Waals surface area contributed by atoms with Gasteiger partial charge in [-0.15, -0.1) is 0 Å². The summed E-state index contributed by atoms with van der Waals surface area (Å²) >= 11 is 4.08. The second kappa shape index (κ2) is 3.70. The molecule has 1 aliphatic heterocycles. The van der Waals surface area contributed by atoms with Gasteiger partial charge in [0.25, 0.3) is 0 Å². The number of likely N-dealkylation sites (tertiary alicyclic amines) is 1. The largest absolute Gasteiger partial charge is 0.480 e. The maximum Gasteiger partial charge on any atom is 0.326 e. The Hall–Kier alpha value is -0.710. The molecule has 1 N–H and O–H groups in total. The summed E-state index contributed by atoms with van der Waals surface area (Å²) in [5.41, 5.74) is 0. The molecule has 2 fully saturated rings. The molecule has 2 aliphatic rings. The number of carbonyl (C=O) groups is 2. The van der Waals surface area contributed by atoms with Gasteiger partial charge < -0.3 is 10.0 Å². The number of fused-ring (bicyclic) bond motifs is 1. The molecule has 1 aliphatic carbocycles. The van der Waals surface area contributed by atoms with Gasteiger partial charge in [0.15, 0.2) is 0 Å². The van der Waals surface area contributed by atoms with Crippen molar-refractivity contribution in [2.75, 3.05) is 5.75 Å². The van der Waals surface area contributed by atoms with E-state index in [0.29, 0.717) is 18.1 Å². The van der Waals surface area contributed by atoms with Crippen LogP contribution in [0.15, 0.2) is 0 Å². The van der Waals surface area contributed by atoms with Crippen molar-refractivity contribution < 1.29 is 14.7 Å². The van der Waals surface area contributed by atoms with E-state index in [9.17, 15) is 9.59 Å². The minimum Gasteiger partial charge on any atom is -0.480 e. The lowest BCUT2D eigenvalue weighted by Gasteiger charge is -2.26. The van der Waals surface area contributed by atoms with Crippen LogP contribution in [0, 0.1) is 11.8 Å². The number of amides is 1. The molecular weight excluding hydrogens is 214 g/mol. The molecule has 0 spiro atoms. The van der Waals surface area contributed by atoms with Crippen molar-refractivity contribution in [3.05, 3.63) is 0 Å². The molecule has 0 bridgehead atoms. The molecule has 2 rings (SSSR count). The number of thiol groups is 1. The lowest BCUT2D eigenvalue weighted by atomic mass is 10.1. The molecule has 4 nitrogen and oxygen atoms in total. The highest BCUT2D eigenvalue weighted by Gasteiger charge is 2.56. The first-order valence-corrected chi connectivity index (χ1v) is 5.85. The Bertz CT molecular complexity index is 307. The third-order valence-corrected chi connectivity index (χ3v) is 3.89. The van der Waals surface area contributed by atoms with Crippen molar-refractivity contribution in [1.82, 2.24) is 4.90 Å². The number of carboxylic acids is 1. The van der Waals surface area contributed by atoms with Crippen LogP contribution in [0.2, 0.25) is 0 Å². The highest BCUT2D eigenvalue weighted by atomic mass is 32.1. The molecule has 1 heterocycles. The zero-order valence-electron chi connectivity index (χ0n) is 8.59. The van der Waals surface area contributed by atoms with Crippen LogP contribution in [-0.2, 0) is 9.59 Å². The van der Waals surface area contributed by atoms with Gasteiger partial charge >= 0.3 is 5.97 Å². The second-order valence-electron chi connectivity index (χ2n) is 4.48. The summed E-state index contributed by atoms with van der Waals surface area (Å²) in [6.45, 7) is 1.80. The smallest absolute Gasteiger partial charge is 0.326 e. The fourth-order valence-corrected chi connectivity index (χ4v) is 2.48. The van der Waals surface area contributed by atoms with Crippen molar-refractivity contribution in [3.8, 4) is 0 Å². The number of piperidine rings is 1. The number of carboxylic acid groups (broad SMARTS) is 1. The Kier molecular flexibility index (Phi) is 2.66. The highest BCUT2D eigenvalue weighted by Crippen LogP contribution is 2.48. The van der Waals surface area contributed by atoms with Crippen LogP contribution in [0.25, 0.3) is 0 Å². The van der Waals surface area contributed by atoms with Gasteiger partial charge in [-0.05, 0) is 18.8 Å². The van der Waals surface area contributed by atoms with E-state index in [1.807, 2.05) is 0 Å². The first-order valence-electron chi connectivity index (χ1n) is 5.22. The Morgan fingerprint density at radius 2 is 2.20 bits per heavy atom. The molecule has 0 aromatic carbocycles. The maximum absolute atomic E-state index is 11.9. The van der Waals surface area contributed by atoms with Crippen molar-refractivity contribution >= 4 is 24.5 Å². The average Bonchev–Trinajstić information content (AvgIpc) is 2.87. The summed E-state index contributed by atoms with van der Waals surface area (Å²) < 4.78 is 0. The minimum absolute atomic E-state index is 0.0533. The lowest BCUT2D eigenvalue weighted by Crippen LogP contribution is -2.45. The number of nitrogens with zero attached hydrogens (tertiary/aromatic N) is 1. The van der Waals surface area contributed by atoms with Crippen molar-refractivity contribution in [2.45, 2.75) is 31.8 Å². The summed E-state index contributed by atoms with van der Waals surface area (Å²) in [5.74, 6) is -0.208. The molecule has 15 heavy (non-hydrogen) atoms. The van der Waals surface area contributed by atoms with Crippen molar-refractivity contribution in [3.63, 3.8) is 0 Å². The quantitative estimate of drug-likeness (QED) is 0.698. The van der Waals surface area contributed by atoms with Crippen LogP contribution in [-0.4, -0.2) is 39.7 Å². The standard InChI is InChI=1S/C10H15NO3S/c1-5(4-15)9(12)11-7-2-6(7)3-8(11)10(13)14/h5-8,15H,2-4H2,1H3,(H,13,14)/t5-,6-,7-,8+/m1/s1. The summed E-state index contributed by atoms with van der Waals surface area (Å²) in [4.78, 5) is 24.5. The molecule has 0 radical (unpaired) electrons. The van der Waals surface area contributed by atoms with E-state index in [1.165, 1.54) is 0 Å². The molecule has 4 atom stereocenters. The molecule has 0 aromatic heterocycles. The zero-order chi connectivity index (χ0) is 11.2. The number of hydrogen-bond donors (Lipinski definition) is 2. The fourth-order valence-electron chi connectivity index (χ4n) is 2.33.